The fraction of sp³-hybridized carbons (Fsp3) is 1.00. The van der Waals surface area contributed by atoms with Gasteiger partial charge in [-0.25, -0.2) is 0 Å². The molecular weight excluding hydrogens is 164 g/mol. The molecule has 0 spiro atoms. The van der Waals surface area contributed by atoms with E-state index in [-0.39, 0.29) is 0 Å². The van der Waals surface area contributed by atoms with Crippen LogP contribution in [0, 0.1) is 0 Å². The molecule has 0 saturated carbocycles. The number of nitrogens with zero attached hydrogens (tertiary/aromatic N) is 2. The van der Waals surface area contributed by atoms with E-state index in [4.69, 9.17) is 4.84 Å². The first kappa shape index (κ1) is 11.0. The van der Waals surface area contributed by atoms with Crippen LogP contribution in [0.5, 0.6) is 0 Å². The minimum Gasteiger partial charge on any atom is -0.297 e. The molecule has 1 heterocycles. The first-order chi connectivity index (χ1) is 6.11. The molecule has 0 radical (unpaired) electrons. The molecule has 3 heteroatoms. The molecule has 0 aliphatic carbocycles. The quantitative estimate of drug-likeness (QED) is 0.647. The topological polar surface area (TPSA) is 15.7 Å². The van der Waals surface area contributed by atoms with E-state index in [0.717, 1.165) is 26.2 Å². The summed E-state index contributed by atoms with van der Waals surface area (Å²) in [7, 11) is 0. The Morgan fingerprint density at radius 1 is 0.923 bits per heavy atom. The van der Waals surface area contributed by atoms with Crippen LogP contribution in [0.3, 0.4) is 0 Å². The van der Waals surface area contributed by atoms with Gasteiger partial charge in [-0.3, -0.25) is 9.74 Å². The van der Waals surface area contributed by atoms with Gasteiger partial charge in [0.05, 0.1) is 6.61 Å². The van der Waals surface area contributed by atoms with Gasteiger partial charge in [0.2, 0.25) is 0 Å². The highest BCUT2D eigenvalue weighted by atomic mass is 16.7. The van der Waals surface area contributed by atoms with E-state index in [1.54, 1.807) is 0 Å². The highest BCUT2D eigenvalue weighted by molar-refractivity contribution is 4.67. The van der Waals surface area contributed by atoms with E-state index in [1.807, 2.05) is 0 Å². The molecule has 0 aromatic carbocycles. The van der Waals surface area contributed by atoms with Crippen molar-refractivity contribution >= 4 is 0 Å². The van der Waals surface area contributed by atoms with Gasteiger partial charge in [-0.2, -0.15) is 5.06 Å². The van der Waals surface area contributed by atoms with Crippen molar-refractivity contribution in [1.82, 2.24) is 9.96 Å². The Morgan fingerprint density at radius 3 is 2.15 bits per heavy atom. The third-order valence-electron chi connectivity index (χ3n) is 2.55. The molecule has 0 N–H and O–H groups in total. The van der Waals surface area contributed by atoms with Crippen LogP contribution in [-0.4, -0.2) is 48.3 Å². The lowest BCUT2D eigenvalue weighted by Gasteiger charge is -2.24. The Morgan fingerprint density at radius 2 is 1.62 bits per heavy atom. The van der Waals surface area contributed by atoms with Gasteiger partial charge in [0.25, 0.3) is 0 Å². The third kappa shape index (κ3) is 3.25. The van der Waals surface area contributed by atoms with Crippen molar-refractivity contribution in [2.24, 2.45) is 0 Å². The fourth-order valence-corrected chi connectivity index (χ4v) is 1.60. The van der Waals surface area contributed by atoms with Crippen LogP contribution in [0.15, 0.2) is 0 Å². The van der Waals surface area contributed by atoms with E-state index in [1.165, 1.54) is 0 Å². The maximum absolute atomic E-state index is 5.64. The van der Waals surface area contributed by atoms with Crippen LogP contribution < -0.4 is 0 Å². The first-order valence-corrected chi connectivity index (χ1v) is 5.25. The van der Waals surface area contributed by atoms with Crippen LogP contribution in [0.4, 0.5) is 0 Å². The Kier molecular flexibility index (Phi) is 4.16. The molecule has 78 valence electrons. The number of hydrogen-bond acceptors (Lipinski definition) is 3. The third-order valence-corrected chi connectivity index (χ3v) is 2.55. The zero-order valence-electron chi connectivity index (χ0n) is 9.29. The van der Waals surface area contributed by atoms with Gasteiger partial charge in [-0.05, 0) is 27.7 Å². The molecule has 1 rings (SSSR count). The second kappa shape index (κ2) is 4.94. The molecule has 1 fully saturated rings. The van der Waals surface area contributed by atoms with Gasteiger partial charge in [0.15, 0.2) is 0 Å². The van der Waals surface area contributed by atoms with Crippen LogP contribution >= 0.6 is 0 Å². The molecule has 3 nitrogen and oxygen atoms in total. The van der Waals surface area contributed by atoms with Gasteiger partial charge < -0.3 is 0 Å². The van der Waals surface area contributed by atoms with E-state index in [0.29, 0.717) is 12.1 Å². The van der Waals surface area contributed by atoms with Crippen molar-refractivity contribution in [3.05, 3.63) is 0 Å². The molecule has 0 unspecified atom stereocenters. The lowest BCUT2D eigenvalue weighted by molar-refractivity contribution is -0.168. The summed E-state index contributed by atoms with van der Waals surface area (Å²) in [5.74, 6) is 0. The molecule has 0 amide bonds. The summed E-state index contributed by atoms with van der Waals surface area (Å²) in [5.41, 5.74) is 0. The largest absolute Gasteiger partial charge is 0.297 e. The zero-order chi connectivity index (χ0) is 9.84. The van der Waals surface area contributed by atoms with E-state index < -0.39 is 0 Å². The predicted octanol–water partition coefficient (Wildman–Crippen LogP) is 1.35. The molecule has 0 aromatic rings. The van der Waals surface area contributed by atoms with Crippen molar-refractivity contribution in [2.75, 3.05) is 26.2 Å². The minimum absolute atomic E-state index is 0.493. The molecular formula is C10H22N2O. The highest BCUT2D eigenvalue weighted by Crippen LogP contribution is 2.07. The Balaban J connectivity index is 2.39. The fourth-order valence-electron chi connectivity index (χ4n) is 1.60. The summed E-state index contributed by atoms with van der Waals surface area (Å²) in [4.78, 5) is 8.10. The van der Waals surface area contributed by atoms with Crippen LogP contribution in [0.1, 0.15) is 27.7 Å². The minimum atomic E-state index is 0.493. The van der Waals surface area contributed by atoms with Crippen molar-refractivity contribution in [2.45, 2.75) is 39.8 Å². The van der Waals surface area contributed by atoms with Crippen LogP contribution in [0.25, 0.3) is 0 Å². The Bertz CT molecular complexity index is 132. The van der Waals surface area contributed by atoms with Crippen molar-refractivity contribution < 1.29 is 4.84 Å². The second-order valence-electron chi connectivity index (χ2n) is 4.20. The normalized spacial score (nSPS) is 22.6. The van der Waals surface area contributed by atoms with Crippen LogP contribution in [-0.2, 0) is 4.84 Å². The molecule has 0 atom stereocenters. The average molecular weight is 186 g/mol. The molecule has 0 bridgehead atoms. The standard InChI is InChI=1S/C10H22N2O/c1-9(2)11-5-6-12(10(3)4)13-8-7-11/h9-10H,5-8H2,1-4H3. The smallest absolute Gasteiger partial charge is 0.0812 e. The summed E-state index contributed by atoms with van der Waals surface area (Å²) in [6.07, 6.45) is 0. The summed E-state index contributed by atoms with van der Waals surface area (Å²) < 4.78 is 0. The molecule has 1 saturated heterocycles. The second-order valence-corrected chi connectivity index (χ2v) is 4.20. The van der Waals surface area contributed by atoms with Gasteiger partial charge in [-0.1, -0.05) is 0 Å². The highest BCUT2D eigenvalue weighted by Gasteiger charge is 2.18. The van der Waals surface area contributed by atoms with Gasteiger partial charge in [-0.15, -0.1) is 0 Å². The molecule has 0 aromatic heterocycles. The predicted molar refractivity (Wildman–Crippen MR) is 54.5 cm³/mol. The lowest BCUT2D eigenvalue weighted by atomic mass is 10.3. The van der Waals surface area contributed by atoms with E-state index in [2.05, 4.69) is 37.7 Å². The number of rotatable bonds is 2. The Hall–Kier alpha value is -0.120. The molecule has 1 aliphatic rings. The number of hydroxylamine groups is 2. The van der Waals surface area contributed by atoms with Gasteiger partial charge in [0.1, 0.15) is 0 Å². The molecule has 13 heavy (non-hydrogen) atoms. The average Bonchev–Trinajstić information content (AvgIpc) is 2.27. The molecule has 1 aliphatic heterocycles. The summed E-state index contributed by atoms with van der Waals surface area (Å²) in [6, 6.07) is 1.13. The van der Waals surface area contributed by atoms with Crippen molar-refractivity contribution in [3.63, 3.8) is 0 Å². The van der Waals surface area contributed by atoms with E-state index >= 15 is 0 Å². The number of hydrogen-bond donors (Lipinski definition) is 0. The van der Waals surface area contributed by atoms with E-state index in [9.17, 15) is 0 Å². The summed E-state index contributed by atoms with van der Waals surface area (Å²) >= 11 is 0. The van der Waals surface area contributed by atoms with Gasteiger partial charge >= 0.3 is 0 Å². The van der Waals surface area contributed by atoms with Crippen LogP contribution in [0.2, 0.25) is 0 Å². The Labute approximate surface area is 81.6 Å². The zero-order valence-corrected chi connectivity index (χ0v) is 9.29. The van der Waals surface area contributed by atoms with Gasteiger partial charge in [0, 0.05) is 31.7 Å². The van der Waals surface area contributed by atoms with Crippen molar-refractivity contribution in [1.29, 1.82) is 0 Å². The maximum Gasteiger partial charge on any atom is 0.0812 e. The summed E-state index contributed by atoms with van der Waals surface area (Å²) in [5, 5.41) is 2.09. The monoisotopic (exact) mass is 186 g/mol. The maximum atomic E-state index is 5.64. The lowest BCUT2D eigenvalue weighted by Crippen LogP contribution is -2.36. The van der Waals surface area contributed by atoms with Crippen molar-refractivity contribution in [3.8, 4) is 0 Å². The summed E-state index contributed by atoms with van der Waals surface area (Å²) in [6.45, 7) is 12.9. The first-order valence-electron chi connectivity index (χ1n) is 5.25. The SMILES string of the molecule is CC(C)N1CCON(C(C)C)CC1.